The van der Waals surface area contributed by atoms with Gasteiger partial charge in [-0.05, 0) is 18.6 Å². The topological polar surface area (TPSA) is 102 Å². The predicted octanol–water partition coefficient (Wildman–Crippen LogP) is 1.05. The number of benzene rings is 1. The van der Waals surface area contributed by atoms with Crippen LogP contribution in [0.2, 0.25) is 0 Å². The molecule has 1 rings (SSSR count). The Kier molecular flexibility index (Phi) is 4.16. The third kappa shape index (κ3) is 3.17. The van der Waals surface area contributed by atoms with Crippen molar-refractivity contribution in [1.82, 2.24) is 0 Å². The summed E-state index contributed by atoms with van der Waals surface area (Å²) in [6.45, 7) is 0.358. The monoisotopic (exact) mass is 219 g/mol. The number of nitriles is 1. The normalized spacial score (nSPS) is 9.44. The molecule has 0 radical (unpaired) electrons. The van der Waals surface area contributed by atoms with Crippen LogP contribution in [-0.4, -0.2) is 12.5 Å². The minimum absolute atomic E-state index is 0.297. The van der Waals surface area contributed by atoms with Gasteiger partial charge in [-0.3, -0.25) is 4.79 Å². The fourth-order valence-corrected chi connectivity index (χ4v) is 1.20. The number of nitrogens with two attached hydrogens (primary N) is 2. The van der Waals surface area contributed by atoms with Crippen LogP contribution in [0.4, 0.5) is 5.69 Å². The summed E-state index contributed by atoms with van der Waals surface area (Å²) >= 11 is 0. The molecule has 0 spiro atoms. The molecule has 0 unspecified atom stereocenters. The highest BCUT2D eigenvalue weighted by Gasteiger charge is 2.09. The second-order valence-corrected chi connectivity index (χ2v) is 3.23. The third-order valence-electron chi connectivity index (χ3n) is 1.96. The Morgan fingerprint density at radius 3 is 2.88 bits per heavy atom. The highest BCUT2D eigenvalue weighted by atomic mass is 16.5. The van der Waals surface area contributed by atoms with Gasteiger partial charge in [0.1, 0.15) is 5.75 Å². The van der Waals surface area contributed by atoms with Gasteiger partial charge in [-0.1, -0.05) is 0 Å². The molecule has 0 saturated carbocycles. The van der Waals surface area contributed by atoms with Crippen LogP contribution in [0, 0.1) is 11.3 Å². The molecule has 0 saturated heterocycles. The number of unbranched alkanes of at least 4 members (excludes halogenated alkanes) is 1. The van der Waals surface area contributed by atoms with E-state index in [4.69, 9.17) is 21.5 Å². The van der Waals surface area contributed by atoms with Gasteiger partial charge in [0.2, 0.25) is 0 Å². The number of rotatable bonds is 5. The molecule has 5 nitrogen and oxygen atoms in total. The Bertz CT molecular complexity index is 424. The first-order valence-corrected chi connectivity index (χ1v) is 4.84. The number of amides is 1. The molecule has 0 aliphatic rings. The number of nitrogens with zero attached hydrogens (tertiary/aromatic N) is 1. The fraction of sp³-hybridized carbons (Fsp3) is 0.273. The van der Waals surface area contributed by atoms with E-state index in [1.54, 1.807) is 12.1 Å². The molecule has 0 aliphatic carbocycles. The molecule has 0 aliphatic heterocycles. The molecule has 0 bridgehead atoms. The lowest BCUT2D eigenvalue weighted by Gasteiger charge is -2.09. The van der Waals surface area contributed by atoms with Crippen molar-refractivity contribution in [3.05, 3.63) is 23.8 Å². The molecule has 4 N–H and O–H groups in total. The van der Waals surface area contributed by atoms with Gasteiger partial charge in [0.15, 0.2) is 0 Å². The molecular weight excluding hydrogens is 206 g/mol. The van der Waals surface area contributed by atoms with Crippen molar-refractivity contribution in [2.45, 2.75) is 12.8 Å². The lowest BCUT2D eigenvalue weighted by atomic mass is 10.1. The van der Waals surface area contributed by atoms with Gasteiger partial charge >= 0.3 is 0 Å². The predicted molar refractivity (Wildman–Crippen MR) is 59.7 cm³/mol. The minimum Gasteiger partial charge on any atom is -0.493 e. The van der Waals surface area contributed by atoms with Crippen molar-refractivity contribution in [1.29, 1.82) is 5.26 Å². The summed E-state index contributed by atoms with van der Waals surface area (Å²) in [7, 11) is 0. The van der Waals surface area contributed by atoms with E-state index in [0.717, 1.165) is 0 Å². The molecule has 1 amide bonds. The fourth-order valence-electron chi connectivity index (χ4n) is 1.20. The molecule has 0 aromatic heterocycles. The van der Waals surface area contributed by atoms with E-state index in [2.05, 4.69) is 0 Å². The second kappa shape index (κ2) is 5.61. The zero-order valence-corrected chi connectivity index (χ0v) is 8.77. The zero-order chi connectivity index (χ0) is 12.0. The van der Waals surface area contributed by atoms with Gasteiger partial charge in [0, 0.05) is 18.2 Å². The molecule has 0 heterocycles. The van der Waals surface area contributed by atoms with Gasteiger partial charge in [-0.15, -0.1) is 0 Å². The second-order valence-electron chi connectivity index (χ2n) is 3.23. The van der Waals surface area contributed by atoms with Crippen molar-refractivity contribution < 1.29 is 9.53 Å². The van der Waals surface area contributed by atoms with Gasteiger partial charge in [-0.25, -0.2) is 0 Å². The first kappa shape index (κ1) is 11.9. The number of primary amides is 1. The highest BCUT2D eigenvalue weighted by Crippen LogP contribution is 2.21. The standard InChI is InChI=1S/C11H13N3O2/c12-5-1-2-6-16-10-7-8(13)3-4-9(10)11(14)15/h3-4,7H,1-2,6,13H2,(H2,14,15). The van der Waals surface area contributed by atoms with Crippen molar-refractivity contribution >= 4 is 11.6 Å². The molecule has 0 fully saturated rings. The molecule has 1 aromatic rings. The SMILES string of the molecule is N#CCCCOc1cc(N)ccc1C(N)=O. The van der Waals surface area contributed by atoms with Gasteiger partial charge < -0.3 is 16.2 Å². The maximum Gasteiger partial charge on any atom is 0.252 e. The van der Waals surface area contributed by atoms with Crippen LogP contribution in [0.25, 0.3) is 0 Å². The smallest absolute Gasteiger partial charge is 0.252 e. The molecule has 0 atom stereocenters. The largest absolute Gasteiger partial charge is 0.493 e. The summed E-state index contributed by atoms with van der Waals surface area (Å²) in [5.74, 6) is -0.194. The van der Waals surface area contributed by atoms with E-state index in [-0.39, 0.29) is 0 Å². The van der Waals surface area contributed by atoms with Gasteiger partial charge in [-0.2, -0.15) is 5.26 Å². The van der Waals surface area contributed by atoms with Crippen molar-refractivity contribution in [3.8, 4) is 11.8 Å². The summed E-state index contributed by atoms with van der Waals surface area (Å²) in [6.07, 6.45) is 1.01. The summed E-state index contributed by atoms with van der Waals surface area (Å²) in [5.41, 5.74) is 11.6. The first-order chi connectivity index (χ1) is 7.65. The lowest BCUT2D eigenvalue weighted by Crippen LogP contribution is -2.13. The summed E-state index contributed by atoms with van der Waals surface area (Å²) < 4.78 is 5.35. The van der Waals surface area contributed by atoms with Crippen LogP contribution in [0.3, 0.4) is 0 Å². The number of hydrogen-bond donors (Lipinski definition) is 2. The van der Waals surface area contributed by atoms with Gasteiger partial charge in [0.05, 0.1) is 18.2 Å². The Labute approximate surface area is 93.6 Å². The molecule has 5 heteroatoms. The van der Waals surface area contributed by atoms with E-state index in [1.807, 2.05) is 6.07 Å². The zero-order valence-electron chi connectivity index (χ0n) is 8.77. The number of hydrogen-bond acceptors (Lipinski definition) is 4. The van der Waals surface area contributed by atoms with E-state index >= 15 is 0 Å². The maximum absolute atomic E-state index is 11.1. The number of anilines is 1. The lowest BCUT2D eigenvalue weighted by molar-refractivity contribution is 0.0996. The third-order valence-corrected chi connectivity index (χ3v) is 1.96. The maximum atomic E-state index is 11.1. The summed E-state index contributed by atoms with van der Waals surface area (Å²) in [5, 5.41) is 8.35. The Morgan fingerprint density at radius 1 is 1.50 bits per heavy atom. The van der Waals surface area contributed by atoms with E-state index in [1.165, 1.54) is 6.07 Å². The van der Waals surface area contributed by atoms with Crippen LogP contribution in [0.5, 0.6) is 5.75 Å². The Hall–Kier alpha value is -2.22. The van der Waals surface area contributed by atoms with E-state index < -0.39 is 5.91 Å². The van der Waals surface area contributed by atoms with Crippen LogP contribution in [0.1, 0.15) is 23.2 Å². The number of carbonyl (C=O) groups is 1. The molecule has 84 valence electrons. The average molecular weight is 219 g/mol. The molecular formula is C11H13N3O2. The van der Waals surface area contributed by atoms with Crippen LogP contribution < -0.4 is 16.2 Å². The Morgan fingerprint density at radius 2 is 2.25 bits per heavy atom. The summed E-state index contributed by atoms with van der Waals surface area (Å²) in [4.78, 5) is 11.1. The Balaban J connectivity index is 2.73. The highest BCUT2D eigenvalue weighted by molar-refractivity contribution is 5.96. The first-order valence-electron chi connectivity index (χ1n) is 4.84. The number of nitrogen functional groups attached to an aromatic ring is 1. The van der Waals surface area contributed by atoms with Crippen molar-refractivity contribution in [2.75, 3.05) is 12.3 Å². The number of carbonyl (C=O) groups excluding carboxylic acids is 1. The molecule has 16 heavy (non-hydrogen) atoms. The van der Waals surface area contributed by atoms with Crippen LogP contribution >= 0.6 is 0 Å². The average Bonchev–Trinajstić information content (AvgIpc) is 2.24. The molecule has 1 aromatic carbocycles. The van der Waals surface area contributed by atoms with Crippen LogP contribution in [0.15, 0.2) is 18.2 Å². The number of ether oxygens (including phenoxy) is 1. The van der Waals surface area contributed by atoms with Crippen LogP contribution in [-0.2, 0) is 0 Å². The van der Waals surface area contributed by atoms with E-state index in [9.17, 15) is 4.79 Å². The van der Waals surface area contributed by atoms with Gasteiger partial charge in [0.25, 0.3) is 5.91 Å². The minimum atomic E-state index is -0.560. The quantitative estimate of drug-likeness (QED) is 0.570. The summed E-state index contributed by atoms with van der Waals surface area (Å²) in [6, 6.07) is 6.67. The van der Waals surface area contributed by atoms with Crippen molar-refractivity contribution in [3.63, 3.8) is 0 Å². The van der Waals surface area contributed by atoms with Crippen molar-refractivity contribution in [2.24, 2.45) is 5.73 Å². The van der Waals surface area contributed by atoms with E-state index in [0.29, 0.717) is 36.4 Å².